The summed E-state index contributed by atoms with van der Waals surface area (Å²) in [4.78, 5) is 4.51. The molecule has 0 amide bonds. The van der Waals surface area contributed by atoms with Gasteiger partial charge in [0.2, 0.25) is 5.52 Å². The molecule has 0 fully saturated rings. The Morgan fingerprint density at radius 2 is 1.44 bits per heavy atom. The van der Waals surface area contributed by atoms with E-state index in [0.717, 1.165) is 5.52 Å². The van der Waals surface area contributed by atoms with Crippen LogP contribution in [0.5, 0.6) is 0 Å². The zero-order valence-corrected chi connectivity index (χ0v) is 19.8. The number of fused-ring (bicyclic) bond motifs is 2. The number of benzene rings is 2. The number of rotatable bonds is 11. The fraction of sp³-hybridized carbons (Fsp3) is 0.400. The Balaban J connectivity index is 1.12. The molecule has 0 aliphatic heterocycles. The Morgan fingerprint density at radius 1 is 0.750 bits per heavy atom. The van der Waals surface area contributed by atoms with Gasteiger partial charge in [0.25, 0.3) is 0 Å². The summed E-state index contributed by atoms with van der Waals surface area (Å²) in [6, 6.07) is 21.8. The summed E-state index contributed by atoms with van der Waals surface area (Å²) in [6.45, 7) is 2.37. The minimum Gasteiger partial charge on any atom is -0.256 e. The molecule has 2 heterocycles. The van der Waals surface area contributed by atoms with E-state index >= 15 is 0 Å². The molecular weight excluding hydrogens is 388 g/mol. The maximum atomic E-state index is 4.51. The van der Waals surface area contributed by atoms with Crippen LogP contribution >= 0.6 is 0 Å². The van der Waals surface area contributed by atoms with Crippen molar-refractivity contribution >= 4 is 21.8 Å². The number of aromatic nitrogens is 2. The molecule has 1 atom stereocenters. The molecule has 0 bridgehead atoms. The number of hydrogen-bond donors (Lipinski definition) is 0. The molecule has 0 N–H and O–H groups in total. The molecule has 4 rings (SSSR count). The van der Waals surface area contributed by atoms with Crippen LogP contribution in [0.4, 0.5) is 0 Å². The highest BCUT2D eigenvalue weighted by atomic mass is 14.9. The number of nitrogens with zero attached hydrogens (tertiary/aromatic N) is 2. The van der Waals surface area contributed by atoms with E-state index in [-0.39, 0.29) is 0 Å². The molecule has 2 heteroatoms. The Morgan fingerprint density at radius 3 is 2.28 bits per heavy atom. The highest BCUT2D eigenvalue weighted by Crippen LogP contribution is 2.28. The summed E-state index contributed by atoms with van der Waals surface area (Å²) in [5.74, 6) is 0.602. The lowest BCUT2D eigenvalue weighted by Gasteiger charge is -2.14. The van der Waals surface area contributed by atoms with E-state index in [1.807, 2.05) is 6.20 Å². The first-order valence-electron chi connectivity index (χ1n) is 12.4. The van der Waals surface area contributed by atoms with Crippen LogP contribution in [0.3, 0.4) is 0 Å². The second kappa shape index (κ2) is 11.2. The average Bonchev–Trinajstić information content (AvgIpc) is 2.84. The van der Waals surface area contributed by atoms with Gasteiger partial charge in [0.15, 0.2) is 6.20 Å². The molecule has 2 aromatic heterocycles. The molecule has 1 unspecified atom stereocenters. The highest BCUT2D eigenvalue weighted by Gasteiger charge is 2.10. The molecule has 2 aromatic carbocycles. The molecule has 0 aliphatic carbocycles. The van der Waals surface area contributed by atoms with Crippen molar-refractivity contribution < 1.29 is 4.57 Å². The molecule has 0 spiro atoms. The Bertz CT molecular complexity index is 1140. The van der Waals surface area contributed by atoms with Crippen molar-refractivity contribution in [1.82, 2.24) is 4.98 Å². The van der Waals surface area contributed by atoms with Gasteiger partial charge in [-0.25, -0.2) is 4.57 Å². The summed E-state index contributed by atoms with van der Waals surface area (Å²) in [7, 11) is 2.13. The lowest BCUT2D eigenvalue weighted by Crippen LogP contribution is -2.28. The van der Waals surface area contributed by atoms with Crippen LogP contribution < -0.4 is 4.57 Å². The van der Waals surface area contributed by atoms with Crippen LogP contribution in [0, 0.1) is 0 Å². The lowest BCUT2D eigenvalue weighted by atomic mass is 9.92. The maximum absolute atomic E-state index is 4.51. The summed E-state index contributed by atoms with van der Waals surface area (Å²) in [5.41, 5.74) is 5.40. The quantitative estimate of drug-likeness (QED) is 0.178. The van der Waals surface area contributed by atoms with E-state index < -0.39 is 0 Å². The SMILES string of the molecule is CC(CCCCCCCCCc1cc[n+](C)c2ccccc12)c1ccnc2ccccc12. The van der Waals surface area contributed by atoms with Crippen LogP contribution in [0.15, 0.2) is 73.1 Å². The predicted octanol–water partition coefficient (Wildman–Crippen LogP) is 7.68. The van der Waals surface area contributed by atoms with E-state index in [1.54, 1.807) is 0 Å². The Hall–Kier alpha value is -2.74. The average molecular weight is 426 g/mol. The first-order valence-corrected chi connectivity index (χ1v) is 12.4. The van der Waals surface area contributed by atoms with Gasteiger partial charge >= 0.3 is 0 Å². The number of pyridine rings is 2. The van der Waals surface area contributed by atoms with Crippen molar-refractivity contribution in [2.24, 2.45) is 7.05 Å². The fourth-order valence-corrected chi connectivity index (χ4v) is 5.00. The van der Waals surface area contributed by atoms with Gasteiger partial charge in [-0.05, 0) is 54.5 Å². The first-order chi connectivity index (χ1) is 15.7. The van der Waals surface area contributed by atoms with Crippen LogP contribution in [0.1, 0.15) is 75.3 Å². The molecule has 0 saturated heterocycles. The van der Waals surface area contributed by atoms with Gasteiger partial charge in [0, 0.05) is 29.1 Å². The molecule has 0 aliphatic rings. The third-order valence-electron chi connectivity index (χ3n) is 6.93. The molecule has 4 aromatic rings. The molecule has 166 valence electrons. The Kier molecular flexibility index (Phi) is 7.87. The third kappa shape index (κ3) is 5.54. The number of para-hydroxylation sites is 2. The van der Waals surface area contributed by atoms with Gasteiger partial charge in [-0.15, -0.1) is 0 Å². The minimum atomic E-state index is 0.602. The Labute approximate surface area is 193 Å². The highest BCUT2D eigenvalue weighted by molar-refractivity contribution is 5.82. The maximum Gasteiger partial charge on any atom is 0.212 e. The smallest absolute Gasteiger partial charge is 0.212 e. The summed E-state index contributed by atoms with van der Waals surface area (Å²) < 4.78 is 2.22. The number of aryl methyl sites for hydroxylation is 2. The summed E-state index contributed by atoms with van der Waals surface area (Å²) in [6.07, 6.45) is 16.1. The van der Waals surface area contributed by atoms with Crippen LogP contribution in [-0.2, 0) is 13.5 Å². The van der Waals surface area contributed by atoms with Gasteiger partial charge in [-0.1, -0.05) is 75.8 Å². The van der Waals surface area contributed by atoms with Crippen LogP contribution in [-0.4, -0.2) is 4.98 Å². The topological polar surface area (TPSA) is 16.8 Å². The van der Waals surface area contributed by atoms with Crippen molar-refractivity contribution in [3.05, 3.63) is 84.2 Å². The van der Waals surface area contributed by atoms with Crippen LogP contribution in [0.2, 0.25) is 0 Å². The largest absolute Gasteiger partial charge is 0.256 e. The molecule has 0 saturated carbocycles. The monoisotopic (exact) mass is 425 g/mol. The number of unbranched alkanes of at least 4 members (excludes halogenated alkanes) is 6. The van der Waals surface area contributed by atoms with Crippen LogP contribution in [0.25, 0.3) is 21.8 Å². The lowest BCUT2D eigenvalue weighted by molar-refractivity contribution is -0.644. The van der Waals surface area contributed by atoms with Gasteiger partial charge in [0.05, 0.1) is 5.52 Å². The second-order valence-electron chi connectivity index (χ2n) is 9.30. The fourth-order valence-electron chi connectivity index (χ4n) is 5.00. The predicted molar refractivity (Wildman–Crippen MR) is 136 cm³/mol. The van der Waals surface area contributed by atoms with E-state index in [4.69, 9.17) is 0 Å². The normalized spacial score (nSPS) is 12.4. The van der Waals surface area contributed by atoms with Crippen molar-refractivity contribution in [2.45, 2.75) is 70.6 Å². The van der Waals surface area contributed by atoms with Crippen molar-refractivity contribution in [2.75, 3.05) is 0 Å². The zero-order valence-electron chi connectivity index (χ0n) is 19.8. The van der Waals surface area contributed by atoms with E-state index in [1.165, 1.54) is 85.2 Å². The summed E-state index contributed by atoms with van der Waals surface area (Å²) in [5, 5.41) is 2.73. The summed E-state index contributed by atoms with van der Waals surface area (Å²) >= 11 is 0. The van der Waals surface area contributed by atoms with E-state index in [0.29, 0.717) is 5.92 Å². The van der Waals surface area contributed by atoms with Gasteiger partial charge in [-0.2, -0.15) is 0 Å². The van der Waals surface area contributed by atoms with E-state index in [9.17, 15) is 0 Å². The number of hydrogen-bond acceptors (Lipinski definition) is 1. The third-order valence-corrected chi connectivity index (χ3v) is 6.93. The molecule has 0 radical (unpaired) electrons. The second-order valence-corrected chi connectivity index (χ2v) is 9.30. The zero-order chi connectivity index (χ0) is 22.2. The van der Waals surface area contributed by atoms with Gasteiger partial charge in [-0.3, -0.25) is 4.98 Å². The van der Waals surface area contributed by atoms with Gasteiger partial charge in [0.1, 0.15) is 7.05 Å². The molecule has 2 nitrogen and oxygen atoms in total. The van der Waals surface area contributed by atoms with Gasteiger partial charge < -0.3 is 0 Å². The van der Waals surface area contributed by atoms with Crippen molar-refractivity contribution in [1.29, 1.82) is 0 Å². The van der Waals surface area contributed by atoms with Crippen molar-refractivity contribution in [3.63, 3.8) is 0 Å². The van der Waals surface area contributed by atoms with E-state index in [2.05, 4.69) is 90.4 Å². The standard InChI is InChI=1S/C30H37N2/c1-24(26-20-22-31-29-18-12-10-17-28(26)29)14-8-6-4-3-5-7-9-15-25-21-23-32(2)30-19-13-11-16-27(25)30/h10-13,16-24H,3-9,14-15H2,1-2H3/q+1. The van der Waals surface area contributed by atoms with Crippen molar-refractivity contribution in [3.8, 4) is 0 Å². The molecule has 32 heavy (non-hydrogen) atoms. The molecular formula is C30H37N2+. The minimum absolute atomic E-state index is 0.602. The first kappa shape index (κ1) is 22.5.